The standard InChI is InChI=1S/C23H27N5OS/c1-17-15-21(26-9-5-2-6-10-26)25-23(24-17)28-13-11-27(12-14-28)22(29)20-16-18-7-3-4-8-19(18)30-20/h3-4,7-8,15-16H,2,5-6,9-14H2,1H3. The molecule has 6 nitrogen and oxygen atoms in total. The van der Waals surface area contributed by atoms with Crippen LogP contribution in [0.1, 0.15) is 34.6 Å². The van der Waals surface area contributed by atoms with Gasteiger partial charge in [-0.1, -0.05) is 18.2 Å². The molecule has 0 bridgehead atoms. The molecule has 0 N–H and O–H groups in total. The van der Waals surface area contributed by atoms with Gasteiger partial charge in [-0.2, -0.15) is 4.98 Å². The molecule has 1 amide bonds. The molecule has 2 aliphatic heterocycles. The van der Waals surface area contributed by atoms with E-state index in [2.05, 4.69) is 28.0 Å². The van der Waals surface area contributed by atoms with Gasteiger partial charge in [-0.05, 0) is 43.7 Å². The van der Waals surface area contributed by atoms with Crippen molar-refractivity contribution in [3.63, 3.8) is 0 Å². The molecule has 4 heterocycles. The number of hydrogen-bond acceptors (Lipinski definition) is 6. The van der Waals surface area contributed by atoms with Gasteiger partial charge in [-0.25, -0.2) is 4.98 Å². The monoisotopic (exact) mass is 421 g/mol. The van der Waals surface area contributed by atoms with Crippen LogP contribution in [0.15, 0.2) is 36.4 Å². The quantitative estimate of drug-likeness (QED) is 0.641. The number of anilines is 2. The largest absolute Gasteiger partial charge is 0.356 e. The molecule has 3 aromatic rings. The zero-order valence-corrected chi connectivity index (χ0v) is 18.2. The first kappa shape index (κ1) is 19.3. The van der Waals surface area contributed by atoms with E-state index in [0.717, 1.165) is 58.6 Å². The highest BCUT2D eigenvalue weighted by atomic mass is 32.1. The summed E-state index contributed by atoms with van der Waals surface area (Å²) in [6, 6.07) is 12.3. The Morgan fingerprint density at radius 1 is 0.900 bits per heavy atom. The predicted molar refractivity (Wildman–Crippen MR) is 123 cm³/mol. The van der Waals surface area contributed by atoms with Gasteiger partial charge in [0, 0.05) is 55.7 Å². The lowest BCUT2D eigenvalue weighted by molar-refractivity contribution is 0.0751. The fraction of sp³-hybridized carbons (Fsp3) is 0.435. The number of hydrogen-bond donors (Lipinski definition) is 0. The molecule has 2 saturated heterocycles. The molecule has 0 radical (unpaired) electrons. The summed E-state index contributed by atoms with van der Waals surface area (Å²) in [7, 11) is 0. The maximum Gasteiger partial charge on any atom is 0.264 e. The lowest BCUT2D eigenvalue weighted by Crippen LogP contribution is -2.49. The first-order valence-electron chi connectivity index (χ1n) is 10.8. The third-order valence-electron chi connectivity index (χ3n) is 5.99. The third kappa shape index (κ3) is 3.86. The van der Waals surface area contributed by atoms with Crippen LogP contribution >= 0.6 is 11.3 Å². The molecule has 7 heteroatoms. The molecule has 5 rings (SSSR count). The number of aryl methyl sites for hydroxylation is 1. The second-order valence-corrected chi connectivity index (χ2v) is 9.23. The summed E-state index contributed by atoms with van der Waals surface area (Å²) in [5.41, 5.74) is 1.00. The lowest BCUT2D eigenvalue weighted by atomic mass is 10.1. The Bertz CT molecular complexity index is 1020. The Labute approximate surface area is 181 Å². The third-order valence-corrected chi connectivity index (χ3v) is 7.10. The fourth-order valence-corrected chi connectivity index (χ4v) is 5.35. The minimum atomic E-state index is 0.134. The number of piperidine rings is 1. The summed E-state index contributed by atoms with van der Waals surface area (Å²) in [4.78, 5) is 30.0. The molecule has 0 unspecified atom stereocenters. The Balaban J connectivity index is 1.27. The molecule has 30 heavy (non-hydrogen) atoms. The maximum absolute atomic E-state index is 13.0. The molecule has 0 aliphatic carbocycles. The molecule has 156 valence electrons. The summed E-state index contributed by atoms with van der Waals surface area (Å²) >= 11 is 1.58. The highest BCUT2D eigenvalue weighted by molar-refractivity contribution is 7.20. The number of aromatic nitrogens is 2. The van der Waals surface area contributed by atoms with E-state index in [9.17, 15) is 4.79 Å². The zero-order chi connectivity index (χ0) is 20.5. The van der Waals surface area contributed by atoms with Crippen LogP contribution in [0.4, 0.5) is 11.8 Å². The molecule has 2 aromatic heterocycles. The van der Waals surface area contributed by atoms with E-state index in [1.54, 1.807) is 11.3 Å². The van der Waals surface area contributed by atoms with Crippen LogP contribution in [0.25, 0.3) is 10.1 Å². The first-order valence-corrected chi connectivity index (χ1v) is 11.6. The van der Waals surface area contributed by atoms with Gasteiger partial charge in [-0.3, -0.25) is 4.79 Å². The normalized spacial score (nSPS) is 17.6. The van der Waals surface area contributed by atoms with Gasteiger partial charge in [0.25, 0.3) is 5.91 Å². The van der Waals surface area contributed by atoms with E-state index < -0.39 is 0 Å². The van der Waals surface area contributed by atoms with Gasteiger partial charge in [0.05, 0.1) is 4.88 Å². The maximum atomic E-state index is 13.0. The summed E-state index contributed by atoms with van der Waals surface area (Å²) < 4.78 is 1.16. The molecule has 0 atom stereocenters. The van der Waals surface area contributed by atoms with Crippen LogP contribution in [0.2, 0.25) is 0 Å². The van der Waals surface area contributed by atoms with Crippen LogP contribution < -0.4 is 9.80 Å². The van der Waals surface area contributed by atoms with Crippen molar-refractivity contribution < 1.29 is 4.79 Å². The van der Waals surface area contributed by atoms with Crippen LogP contribution in [0, 0.1) is 6.92 Å². The molecular formula is C23H27N5OS. The minimum Gasteiger partial charge on any atom is -0.356 e. The number of carbonyl (C=O) groups excluding carboxylic acids is 1. The van der Waals surface area contributed by atoms with Crippen molar-refractivity contribution in [2.45, 2.75) is 26.2 Å². The van der Waals surface area contributed by atoms with E-state index in [0.29, 0.717) is 13.1 Å². The Morgan fingerprint density at radius 2 is 1.67 bits per heavy atom. The van der Waals surface area contributed by atoms with Gasteiger partial charge in [-0.15, -0.1) is 11.3 Å². The van der Waals surface area contributed by atoms with E-state index in [-0.39, 0.29) is 5.91 Å². The van der Waals surface area contributed by atoms with Gasteiger partial charge >= 0.3 is 0 Å². The van der Waals surface area contributed by atoms with Gasteiger partial charge < -0.3 is 14.7 Å². The Morgan fingerprint density at radius 3 is 2.43 bits per heavy atom. The Kier molecular flexibility index (Phi) is 5.29. The van der Waals surface area contributed by atoms with Crippen molar-refractivity contribution >= 4 is 39.1 Å². The fourth-order valence-electron chi connectivity index (χ4n) is 4.32. The van der Waals surface area contributed by atoms with Crippen molar-refractivity contribution in [1.29, 1.82) is 0 Å². The highest BCUT2D eigenvalue weighted by Gasteiger charge is 2.25. The van der Waals surface area contributed by atoms with Crippen LogP contribution in [-0.2, 0) is 0 Å². The van der Waals surface area contributed by atoms with Crippen LogP contribution in [0.5, 0.6) is 0 Å². The zero-order valence-electron chi connectivity index (χ0n) is 17.4. The van der Waals surface area contributed by atoms with Crippen LogP contribution in [0.3, 0.4) is 0 Å². The van der Waals surface area contributed by atoms with E-state index in [1.165, 1.54) is 19.3 Å². The molecule has 0 saturated carbocycles. The summed E-state index contributed by atoms with van der Waals surface area (Å²) in [6.07, 6.45) is 3.77. The number of rotatable bonds is 3. The number of thiophene rings is 1. The molecule has 2 aliphatic rings. The van der Waals surface area contributed by atoms with Crippen molar-refractivity contribution in [3.05, 3.63) is 47.0 Å². The number of carbonyl (C=O) groups is 1. The first-order chi connectivity index (χ1) is 14.7. The predicted octanol–water partition coefficient (Wildman–Crippen LogP) is 3.95. The van der Waals surface area contributed by atoms with Crippen molar-refractivity contribution in [2.75, 3.05) is 49.1 Å². The lowest BCUT2D eigenvalue weighted by Gasteiger charge is -2.35. The average molecular weight is 422 g/mol. The summed E-state index contributed by atoms with van der Waals surface area (Å²) in [5.74, 6) is 1.97. The second-order valence-electron chi connectivity index (χ2n) is 8.14. The molecule has 2 fully saturated rings. The number of piperazine rings is 1. The Hall–Kier alpha value is -2.67. The van der Waals surface area contributed by atoms with Gasteiger partial charge in [0.2, 0.25) is 5.95 Å². The van der Waals surface area contributed by atoms with Gasteiger partial charge in [0.15, 0.2) is 0 Å². The number of nitrogens with zero attached hydrogens (tertiary/aromatic N) is 5. The topological polar surface area (TPSA) is 52.6 Å². The van der Waals surface area contributed by atoms with E-state index in [4.69, 9.17) is 9.97 Å². The van der Waals surface area contributed by atoms with Gasteiger partial charge in [0.1, 0.15) is 5.82 Å². The van der Waals surface area contributed by atoms with Crippen LogP contribution in [-0.4, -0.2) is 60.0 Å². The molecule has 1 aromatic carbocycles. The SMILES string of the molecule is Cc1cc(N2CCCCC2)nc(N2CCN(C(=O)c3cc4ccccc4s3)CC2)n1. The van der Waals surface area contributed by atoms with Crippen molar-refractivity contribution in [3.8, 4) is 0 Å². The smallest absolute Gasteiger partial charge is 0.264 e. The number of fused-ring (bicyclic) bond motifs is 1. The molecular weight excluding hydrogens is 394 g/mol. The molecule has 0 spiro atoms. The summed E-state index contributed by atoms with van der Waals surface area (Å²) in [5, 5.41) is 1.14. The van der Waals surface area contributed by atoms with Crippen molar-refractivity contribution in [2.24, 2.45) is 0 Å². The minimum absolute atomic E-state index is 0.134. The number of amides is 1. The summed E-state index contributed by atoms with van der Waals surface area (Å²) in [6.45, 7) is 7.12. The van der Waals surface area contributed by atoms with E-state index in [1.807, 2.05) is 30.0 Å². The van der Waals surface area contributed by atoms with Crippen molar-refractivity contribution in [1.82, 2.24) is 14.9 Å². The number of benzene rings is 1. The second kappa shape index (κ2) is 8.22. The average Bonchev–Trinajstić information content (AvgIpc) is 3.23. The van der Waals surface area contributed by atoms with E-state index >= 15 is 0 Å². The highest BCUT2D eigenvalue weighted by Crippen LogP contribution is 2.27.